The van der Waals surface area contributed by atoms with Crippen molar-refractivity contribution in [3.8, 4) is 5.75 Å². The second-order valence-electron chi connectivity index (χ2n) is 19.8. The number of piperidine rings is 1. The average molecular weight is 993 g/mol. The van der Waals surface area contributed by atoms with Crippen LogP contribution in [0, 0.1) is 23.7 Å². The zero-order valence-electron chi connectivity index (χ0n) is 42.0. The van der Waals surface area contributed by atoms with Crippen molar-refractivity contribution in [1.29, 1.82) is 10.8 Å². The molecule has 9 rings (SSSR count). The van der Waals surface area contributed by atoms with Gasteiger partial charge in [0.2, 0.25) is 12.4 Å². The zero-order valence-corrected chi connectivity index (χ0v) is 42.7. The molecule has 0 saturated carbocycles. The zero-order chi connectivity index (χ0) is 50.5. The van der Waals surface area contributed by atoms with Crippen LogP contribution in [0.5, 0.6) is 5.75 Å². The van der Waals surface area contributed by atoms with Crippen LogP contribution in [0.1, 0.15) is 59.7 Å². The van der Waals surface area contributed by atoms with E-state index in [-0.39, 0.29) is 23.1 Å². The predicted octanol–water partition coefficient (Wildman–Crippen LogP) is 7.83. The second-order valence-corrected chi connectivity index (χ2v) is 20.2. The Morgan fingerprint density at radius 3 is 2.31 bits per heavy atom. The van der Waals surface area contributed by atoms with Crippen LogP contribution in [-0.2, 0) is 30.7 Å². The second kappa shape index (κ2) is 22.4. The van der Waals surface area contributed by atoms with Crippen molar-refractivity contribution in [2.75, 3.05) is 105 Å². The molecule has 0 unspecified atom stereocenters. The van der Waals surface area contributed by atoms with Gasteiger partial charge in [0.25, 0.3) is 0 Å². The maximum absolute atomic E-state index is 11.5. The number of aromatic hydroxyl groups is 1. The molecule has 72 heavy (non-hydrogen) atoms. The Hall–Kier alpha value is -6.68. The lowest BCUT2D eigenvalue weighted by Gasteiger charge is -2.40. The number of phenolic OH excluding ortho intramolecular Hbond substituents is 1. The molecule has 0 bridgehead atoms. The smallest absolute Gasteiger partial charge is 0.224 e. The number of hydrogen-bond acceptors (Lipinski definition) is 13. The minimum Gasteiger partial charge on any atom is -0.508 e. The van der Waals surface area contributed by atoms with Crippen molar-refractivity contribution in [2.24, 2.45) is 11.7 Å². The van der Waals surface area contributed by atoms with Gasteiger partial charge < -0.3 is 40.7 Å². The molecule has 1 aromatic heterocycles. The molecule has 0 aliphatic carbocycles. The van der Waals surface area contributed by atoms with E-state index in [9.17, 15) is 9.90 Å². The number of likely N-dealkylation sites (tertiary alicyclic amines) is 1. The van der Waals surface area contributed by atoms with Crippen molar-refractivity contribution in [1.82, 2.24) is 29.6 Å². The van der Waals surface area contributed by atoms with Gasteiger partial charge in [-0.05, 0) is 97.0 Å². The molecule has 5 aromatic rings. The summed E-state index contributed by atoms with van der Waals surface area (Å²) in [4.78, 5) is 37.5. The molecule has 4 aromatic carbocycles. The fraction of sp³-hybridized carbons (Fsp3) is 0.411. The molecule has 3 fully saturated rings. The van der Waals surface area contributed by atoms with Gasteiger partial charge in [-0.25, -0.2) is 4.98 Å². The van der Waals surface area contributed by atoms with Crippen LogP contribution in [0.3, 0.4) is 0 Å². The lowest BCUT2D eigenvalue weighted by Crippen LogP contribution is -2.48. The first-order chi connectivity index (χ1) is 34.9. The molecule has 0 atom stereocenters. The van der Waals surface area contributed by atoms with E-state index in [2.05, 4.69) is 79.4 Å². The van der Waals surface area contributed by atoms with Crippen molar-refractivity contribution >= 4 is 63.6 Å². The number of piperazine rings is 2. The van der Waals surface area contributed by atoms with E-state index in [1.807, 2.05) is 49.1 Å². The highest BCUT2D eigenvalue weighted by atomic mass is 35.5. The number of anilines is 4. The first-order valence-electron chi connectivity index (χ1n) is 25.6. The van der Waals surface area contributed by atoms with Crippen LogP contribution >= 0.6 is 11.6 Å². The number of nitrogens with one attached hydrogen (secondary N) is 3. The number of amides is 1. The highest BCUT2D eigenvalue weighted by Crippen LogP contribution is 2.37. The lowest BCUT2D eigenvalue weighted by atomic mass is 9.95. The summed E-state index contributed by atoms with van der Waals surface area (Å²) in [5.41, 5.74) is 14.5. The van der Waals surface area contributed by atoms with E-state index >= 15 is 0 Å². The summed E-state index contributed by atoms with van der Waals surface area (Å²) in [5.74, 6) is 2.54. The number of carbonyl (C=O) groups is 1. The Morgan fingerprint density at radius 1 is 0.903 bits per heavy atom. The van der Waals surface area contributed by atoms with Gasteiger partial charge in [0.1, 0.15) is 17.4 Å². The molecule has 0 radical (unpaired) electrons. The standard InChI is InChI=1S/C56H70ClN13O2/c1-5-43-33-47(38(2)32-51(43)72)54(60)70(53(59)40(4)58)45-14-12-41(13-15-45)34-64-24-26-65(27-25-64)35-42-17-21-67(22-18-42)39(3)16-20-61-56-62-49-36-69(50-11-7-9-44-8-6-10-48(57)52(44)50)23-19-46(49)55(63-56)68-30-28-66(37-71)29-31-68/h6-15,32-33,37,42,59-60,72H,3-5,16-31,34-36,58H2,1-2H3,(H,61,62,63). The number of rotatable bonds is 16. The Kier molecular flexibility index (Phi) is 15.6. The third-order valence-corrected chi connectivity index (χ3v) is 15.4. The van der Waals surface area contributed by atoms with Gasteiger partial charge in [0.05, 0.1) is 23.0 Å². The van der Waals surface area contributed by atoms with Crippen LogP contribution in [-0.4, -0.2) is 138 Å². The number of nitrogens with two attached hydrogens (primary N) is 1. The summed E-state index contributed by atoms with van der Waals surface area (Å²) in [6, 6.07) is 24.0. The number of hydrogen-bond donors (Lipinski definition) is 5. The minimum absolute atomic E-state index is 0.0501. The number of amidine groups is 2. The van der Waals surface area contributed by atoms with Gasteiger partial charge >= 0.3 is 0 Å². The molecule has 3 saturated heterocycles. The number of aromatic nitrogens is 2. The molecular formula is C56H70ClN13O2. The number of fused-ring (bicyclic) bond motifs is 2. The van der Waals surface area contributed by atoms with E-state index in [4.69, 9.17) is 38.1 Å². The minimum atomic E-state index is -0.0501. The molecule has 4 aliphatic heterocycles. The van der Waals surface area contributed by atoms with Crippen LogP contribution in [0.15, 0.2) is 97.3 Å². The maximum Gasteiger partial charge on any atom is 0.224 e. The summed E-state index contributed by atoms with van der Waals surface area (Å²) in [6.07, 6.45) is 5.50. The van der Waals surface area contributed by atoms with E-state index in [1.54, 1.807) is 6.07 Å². The van der Waals surface area contributed by atoms with Crippen molar-refractivity contribution in [2.45, 2.75) is 59.0 Å². The fourth-order valence-corrected chi connectivity index (χ4v) is 11.1. The Morgan fingerprint density at radius 2 is 1.61 bits per heavy atom. The SMILES string of the molecule is C=C(N)C(=N)N(C(=N)c1cc(CC)c(O)cc1C)c1ccc(CN2CCN(CC3CCN(C(=C)CCNc4nc5c(c(N6CCN(C=O)CC6)n4)CCN(c4cccc6cccc(Cl)c46)C5)CC3)CC2)cc1. The summed E-state index contributed by atoms with van der Waals surface area (Å²) in [7, 11) is 0. The van der Waals surface area contributed by atoms with Crippen LogP contribution in [0.25, 0.3) is 10.8 Å². The van der Waals surface area contributed by atoms with Crippen molar-refractivity contribution in [3.63, 3.8) is 0 Å². The molecule has 0 spiro atoms. The number of nitrogens with zero attached hydrogens (tertiary/aromatic N) is 9. The number of benzene rings is 4. The largest absolute Gasteiger partial charge is 0.508 e. The van der Waals surface area contributed by atoms with E-state index in [0.717, 1.165) is 154 Å². The summed E-state index contributed by atoms with van der Waals surface area (Å²) in [6.45, 7) is 25.2. The van der Waals surface area contributed by atoms with Gasteiger partial charge in [-0.3, -0.25) is 25.4 Å². The first-order valence-corrected chi connectivity index (χ1v) is 26.0. The van der Waals surface area contributed by atoms with E-state index in [1.165, 1.54) is 16.0 Å². The highest BCUT2D eigenvalue weighted by molar-refractivity contribution is 6.36. The number of carbonyl (C=O) groups excluding carboxylic acids is 1. The maximum atomic E-state index is 11.5. The van der Waals surface area contributed by atoms with Gasteiger partial charge in [-0.15, -0.1) is 0 Å². The predicted molar refractivity (Wildman–Crippen MR) is 293 cm³/mol. The third-order valence-electron chi connectivity index (χ3n) is 15.1. The molecule has 6 N–H and O–H groups in total. The Bertz CT molecular complexity index is 2810. The molecule has 5 heterocycles. The van der Waals surface area contributed by atoms with Crippen LogP contribution < -0.4 is 25.8 Å². The normalized spacial score (nSPS) is 16.9. The van der Waals surface area contributed by atoms with Crippen LogP contribution in [0.2, 0.25) is 5.02 Å². The highest BCUT2D eigenvalue weighted by Gasteiger charge is 2.30. The van der Waals surface area contributed by atoms with Gasteiger partial charge in [0, 0.05) is 132 Å². The van der Waals surface area contributed by atoms with E-state index < -0.39 is 0 Å². The molecule has 4 aliphatic rings. The molecule has 15 nitrogen and oxygen atoms in total. The topological polar surface area (TPSA) is 172 Å². The number of phenols is 1. The van der Waals surface area contributed by atoms with Gasteiger partial charge in [0.15, 0.2) is 5.84 Å². The monoisotopic (exact) mass is 992 g/mol. The molecule has 16 heteroatoms. The van der Waals surface area contributed by atoms with Crippen LogP contribution in [0.4, 0.5) is 23.1 Å². The molecule has 1 amide bonds. The summed E-state index contributed by atoms with van der Waals surface area (Å²) in [5, 5.41) is 34.8. The van der Waals surface area contributed by atoms with E-state index in [0.29, 0.717) is 55.7 Å². The average Bonchev–Trinajstić information content (AvgIpc) is 3.39. The molecular weight excluding hydrogens is 922 g/mol. The van der Waals surface area contributed by atoms with Gasteiger partial charge in [-0.1, -0.05) is 68.1 Å². The number of aryl methyl sites for hydroxylation is 2. The molecule has 378 valence electrons. The Balaban J connectivity index is 0.745. The summed E-state index contributed by atoms with van der Waals surface area (Å²) >= 11 is 6.79. The van der Waals surface area contributed by atoms with Crippen molar-refractivity contribution in [3.05, 3.63) is 136 Å². The Labute approximate surface area is 429 Å². The quantitative estimate of drug-likeness (QED) is 0.0370. The fourth-order valence-electron chi connectivity index (χ4n) is 10.9. The summed E-state index contributed by atoms with van der Waals surface area (Å²) < 4.78 is 0. The van der Waals surface area contributed by atoms with Gasteiger partial charge in [-0.2, -0.15) is 4.98 Å². The third kappa shape index (κ3) is 11.2. The van der Waals surface area contributed by atoms with Crippen molar-refractivity contribution < 1.29 is 9.90 Å². The number of halogens is 1. The lowest BCUT2D eigenvalue weighted by molar-refractivity contribution is -0.118. The first kappa shape index (κ1) is 50.3.